The molecule has 1 heterocycles. The number of nitro benzene ring substituents is 1. The van der Waals surface area contributed by atoms with Crippen molar-refractivity contribution in [2.45, 2.75) is 6.92 Å². The molecule has 3 aromatic rings. The summed E-state index contributed by atoms with van der Waals surface area (Å²) in [5.74, 6) is -0.429. The molecule has 0 atom stereocenters. The molecule has 1 aromatic heterocycles. The largest absolute Gasteiger partial charge is 0.424 e. The zero-order valence-corrected chi connectivity index (χ0v) is 17.0. The molecule has 0 aliphatic heterocycles. The van der Waals surface area contributed by atoms with Crippen LogP contribution in [0.3, 0.4) is 0 Å². The second-order valence-corrected chi connectivity index (χ2v) is 6.86. The molecule has 10 nitrogen and oxygen atoms in total. The van der Waals surface area contributed by atoms with Gasteiger partial charge in [0, 0.05) is 24.1 Å². The molecule has 30 heavy (non-hydrogen) atoms. The van der Waals surface area contributed by atoms with E-state index < -0.39 is 22.5 Å². The molecule has 0 saturated heterocycles. The van der Waals surface area contributed by atoms with Crippen LogP contribution < -0.4 is 15.4 Å². The van der Waals surface area contributed by atoms with Crippen molar-refractivity contribution in [2.24, 2.45) is 0 Å². The standard InChI is InChI=1S/C19H14BrN5O5/c1-11-8-13(30-19-21-9-12(20)10-22-19)6-7-15(11)23-18(27)24-17(26)14-4-2-3-5-16(14)25(28)29/h2-10H,1H3,(H2,23,24,26,27). The number of anilines is 1. The van der Waals surface area contributed by atoms with Gasteiger partial charge in [-0.1, -0.05) is 12.1 Å². The average molecular weight is 472 g/mol. The SMILES string of the molecule is Cc1cc(Oc2ncc(Br)cn2)ccc1NC(=O)NC(=O)c1ccccc1[N+](=O)[O-]. The molecule has 11 heteroatoms. The normalized spacial score (nSPS) is 10.2. The van der Waals surface area contributed by atoms with Crippen molar-refractivity contribution in [3.8, 4) is 11.8 Å². The number of rotatable bonds is 5. The number of benzene rings is 2. The highest BCUT2D eigenvalue weighted by Crippen LogP contribution is 2.24. The van der Waals surface area contributed by atoms with Crippen LogP contribution in [0.15, 0.2) is 59.3 Å². The minimum Gasteiger partial charge on any atom is -0.424 e. The van der Waals surface area contributed by atoms with E-state index in [1.165, 1.54) is 24.3 Å². The van der Waals surface area contributed by atoms with Gasteiger partial charge in [-0.3, -0.25) is 20.2 Å². The summed E-state index contributed by atoms with van der Waals surface area (Å²) in [7, 11) is 0. The van der Waals surface area contributed by atoms with Gasteiger partial charge in [0.15, 0.2) is 0 Å². The quantitative estimate of drug-likeness (QED) is 0.419. The summed E-state index contributed by atoms with van der Waals surface area (Å²) >= 11 is 3.23. The number of imide groups is 1. The van der Waals surface area contributed by atoms with Crippen LogP contribution in [-0.4, -0.2) is 26.8 Å². The summed E-state index contributed by atoms with van der Waals surface area (Å²) < 4.78 is 6.26. The van der Waals surface area contributed by atoms with Crippen molar-refractivity contribution in [3.63, 3.8) is 0 Å². The van der Waals surface area contributed by atoms with Gasteiger partial charge in [0.05, 0.1) is 9.40 Å². The van der Waals surface area contributed by atoms with Crippen LogP contribution in [0.25, 0.3) is 0 Å². The van der Waals surface area contributed by atoms with Crippen molar-refractivity contribution in [1.82, 2.24) is 15.3 Å². The highest BCUT2D eigenvalue weighted by atomic mass is 79.9. The topological polar surface area (TPSA) is 136 Å². The van der Waals surface area contributed by atoms with Crippen LogP contribution >= 0.6 is 15.9 Å². The molecule has 3 rings (SSSR count). The van der Waals surface area contributed by atoms with E-state index in [1.54, 1.807) is 37.5 Å². The lowest BCUT2D eigenvalue weighted by atomic mass is 10.1. The molecule has 0 fully saturated rings. The molecule has 0 aliphatic carbocycles. The Hall–Kier alpha value is -3.86. The van der Waals surface area contributed by atoms with Gasteiger partial charge in [0.2, 0.25) is 0 Å². The Labute approximate surface area is 178 Å². The molecule has 0 aliphatic rings. The first-order valence-corrected chi connectivity index (χ1v) is 9.24. The molecule has 2 aromatic carbocycles. The van der Waals surface area contributed by atoms with Crippen LogP contribution in [-0.2, 0) is 0 Å². The first kappa shape index (κ1) is 20.9. The van der Waals surface area contributed by atoms with Crippen LogP contribution in [0, 0.1) is 17.0 Å². The Morgan fingerprint density at radius 2 is 1.83 bits per heavy atom. The van der Waals surface area contributed by atoms with E-state index in [1.807, 2.05) is 0 Å². The maximum absolute atomic E-state index is 12.2. The van der Waals surface area contributed by atoms with Gasteiger partial charge in [-0.05, 0) is 52.7 Å². The second-order valence-electron chi connectivity index (χ2n) is 5.95. The van der Waals surface area contributed by atoms with Gasteiger partial charge < -0.3 is 10.1 Å². The van der Waals surface area contributed by atoms with Crippen LogP contribution in [0.4, 0.5) is 16.2 Å². The van der Waals surface area contributed by atoms with Crippen LogP contribution in [0.1, 0.15) is 15.9 Å². The number of urea groups is 1. The Kier molecular flexibility index (Phi) is 6.32. The minimum atomic E-state index is -0.884. The molecule has 152 valence electrons. The second kappa shape index (κ2) is 9.09. The van der Waals surface area contributed by atoms with E-state index in [0.717, 1.165) is 0 Å². The highest BCUT2D eigenvalue weighted by molar-refractivity contribution is 9.10. The van der Waals surface area contributed by atoms with Gasteiger partial charge >= 0.3 is 12.0 Å². The summed E-state index contributed by atoms with van der Waals surface area (Å²) in [5, 5.41) is 15.6. The van der Waals surface area contributed by atoms with Gasteiger partial charge in [0.25, 0.3) is 11.6 Å². The summed E-state index contributed by atoms with van der Waals surface area (Å²) in [5.41, 5.74) is 0.466. The molecule has 0 radical (unpaired) electrons. The predicted octanol–water partition coefficient (Wildman–Crippen LogP) is 4.21. The number of ether oxygens (including phenoxy) is 1. The summed E-state index contributed by atoms with van der Waals surface area (Å²) in [4.78, 5) is 42.8. The minimum absolute atomic E-state index is 0.158. The monoisotopic (exact) mass is 471 g/mol. The maximum atomic E-state index is 12.2. The fourth-order valence-electron chi connectivity index (χ4n) is 2.45. The number of aromatic nitrogens is 2. The Morgan fingerprint density at radius 1 is 1.13 bits per heavy atom. The number of hydrogen-bond donors (Lipinski definition) is 2. The molecule has 0 spiro atoms. The van der Waals surface area contributed by atoms with Gasteiger partial charge in [0.1, 0.15) is 11.3 Å². The summed E-state index contributed by atoms with van der Waals surface area (Å²) in [6.45, 7) is 1.73. The van der Waals surface area contributed by atoms with Crippen molar-refractivity contribution in [1.29, 1.82) is 0 Å². The van der Waals surface area contributed by atoms with Crippen molar-refractivity contribution in [2.75, 3.05) is 5.32 Å². The highest BCUT2D eigenvalue weighted by Gasteiger charge is 2.21. The Bertz CT molecular complexity index is 1120. The number of nitrogens with one attached hydrogen (secondary N) is 2. The van der Waals surface area contributed by atoms with Crippen LogP contribution in [0.5, 0.6) is 11.8 Å². The van der Waals surface area contributed by atoms with E-state index in [9.17, 15) is 19.7 Å². The fourth-order valence-corrected chi connectivity index (χ4v) is 2.65. The van der Waals surface area contributed by atoms with Gasteiger partial charge in [-0.25, -0.2) is 14.8 Å². The smallest absolute Gasteiger partial charge is 0.326 e. The van der Waals surface area contributed by atoms with E-state index in [-0.39, 0.29) is 11.6 Å². The van der Waals surface area contributed by atoms with Crippen molar-refractivity contribution >= 4 is 39.2 Å². The van der Waals surface area contributed by atoms with E-state index in [4.69, 9.17) is 4.74 Å². The lowest BCUT2D eigenvalue weighted by molar-refractivity contribution is -0.385. The average Bonchev–Trinajstić information content (AvgIpc) is 2.71. The van der Waals surface area contributed by atoms with Crippen LogP contribution in [0.2, 0.25) is 0 Å². The van der Waals surface area contributed by atoms with E-state index >= 15 is 0 Å². The Morgan fingerprint density at radius 3 is 2.50 bits per heavy atom. The number of nitrogens with zero attached hydrogens (tertiary/aromatic N) is 3. The van der Waals surface area contributed by atoms with Crippen molar-refractivity contribution in [3.05, 3.63) is 80.6 Å². The fraction of sp³-hybridized carbons (Fsp3) is 0.0526. The lowest BCUT2D eigenvalue weighted by Gasteiger charge is -2.11. The maximum Gasteiger partial charge on any atom is 0.326 e. The number of halogens is 1. The van der Waals surface area contributed by atoms with E-state index in [2.05, 4.69) is 36.5 Å². The molecular weight excluding hydrogens is 458 g/mol. The third kappa shape index (κ3) is 5.14. The first-order chi connectivity index (χ1) is 14.3. The van der Waals surface area contributed by atoms with Gasteiger partial charge in [-0.2, -0.15) is 0 Å². The molecule has 2 N–H and O–H groups in total. The first-order valence-electron chi connectivity index (χ1n) is 8.45. The Balaban J connectivity index is 1.66. The molecule has 3 amide bonds. The summed E-state index contributed by atoms with van der Waals surface area (Å²) in [6, 6.07) is 9.52. The number of amides is 3. The zero-order valence-electron chi connectivity index (χ0n) is 15.5. The zero-order chi connectivity index (χ0) is 21.7. The van der Waals surface area contributed by atoms with Crippen molar-refractivity contribution < 1.29 is 19.2 Å². The predicted molar refractivity (Wildman–Crippen MR) is 111 cm³/mol. The molecule has 0 unspecified atom stereocenters. The number of hydrogen-bond acceptors (Lipinski definition) is 7. The summed E-state index contributed by atoms with van der Waals surface area (Å²) in [6.07, 6.45) is 3.09. The lowest BCUT2D eigenvalue weighted by Crippen LogP contribution is -2.34. The number of carbonyl (C=O) groups excluding carboxylic acids is 2. The molecular formula is C19H14BrN5O5. The molecule has 0 bridgehead atoms. The number of aryl methyl sites for hydroxylation is 1. The third-order valence-corrected chi connectivity index (χ3v) is 4.23. The number of nitro groups is 1. The van der Waals surface area contributed by atoms with Gasteiger partial charge in [-0.15, -0.1) is 0 Å². The molecule has 0 saturated carbocycles. The number of carbonyl (C=O) groups is 2. The van der Waals surface area contributed by atoms with E-state index in [0.29, 0.717) is 21.5 Å². The third-order valence-electron chi connectivity index (χ3n) is 3.82. The number of para-hydroxylation sites is 1.